The fourth-order valence-corrected chi connectivity index (χ4v) is 4.50. The van der Waals surface area contributed by atoms with E-state index in [-0.39, 0.29) is 37.5 Å². The molecule has 0 spiro atoms. The fourth-order valence-electron chi connectivity index (χ4n) is 3.42. The molecule has 0 bridgehead atoms. The van der Waals surface area contributed by atoms with Crippen molar-refractivity contribution in [2.24, 2.45) is 0 Å². The number of hydrogen-bond acceptors (Lipinski definition) is 4. The molecule has 12 heteroatoms. The summed E-state index contributed by atoms with van der Waals surface area (Å²) in [5.41, 5.74) is -0.389. The number of hydrogen-bond donors (Lipinski definition) is 1. The highest BCUT2D eigenvalue weighted by Gasteiger charge is 2.32. The lowest BCUT2D eigenvalue weighted by molar-refractivity contribution is -0.140. The minimum atomic E-state index is -4.63. The third kappa shape index (κ3) is 8.14. The molecule has 2 rings (SSSR count). The van der Waals surface area contributed by atoms with Gasteiger partial charge in [0.25, 0.3) is 0 Å². The van der Waals surface area contributed by atoms with E-state index in [2.05, 4.69) is 5.32 Å². The lowest BCUT2D eigenvalue weighted by atomic mass is 10.1. The van der Waals surface area contributed by atoms with Crippen molar-refractivity contribution in [2.45, 2.75) is 38.5 Å². The number of carbonyl (C=O) groups excluding carboxylic acids is 2. The standard InChI is InChI=1S/C23H27ClF3N3O4S/c1-16(22(32)28-2)29(15-17-9-11-19(24)12-10-17)21(31)8-5-13-30(35(3,33)34)20-7-4-6-18(14-20)23(25,26)27/h4,6-7,9-12,14,16H,5,8,13,15H2,1-3H3,(H,28,32). The first kappa shape index (κ1) is 28.4. The van der Waals surface area contributed by atoms with Crippen LogP contribution in [0.1, 0.15) is 30.9 Å². The fraction of sp³-hybridized carbons (Fsp3) is 0.391. The Kier molecular flexibility index (Phi) is 9.56. The van der Waals surface area contributed by atoms with Gasteiger partial charge in [-0.15, -0.1) is 0 Å². The minimum Gasteiger partial charge on any atom is -0.357 e. The SMILES string of the molecule is CNC(=O)C(C)N(Cc1ccc(Cl)cc1)C(=O)CCCN(c1cccc(C(F)(F)F)c1)S(C)(=O)=O. The number of likely N-dealkylation sites (N-methyl/N-ethyl adjacent to an activating group) is 1. The number of carbonyl (C=O) groups is 2. The van der Waals surface area contributed by atoms with Gasteiger partial charge in [-0.1, -0.05) is 29.8 Å². The lowest BCUT2D eigenvalue weighted by Gasteiger charge is -2.29. The molecule has 2 amide bonds. The molecule has 2 aromatic carbocycles. The van der Waals surface area contributed by atoms with Gasteiger partial charge in [-0.05, 0) is 49.2 Å². The first-order valence-corrected chi connectivity index (χ1v) is 12.9. The van der Waals surface area contributed by atoms with Crippen molar-refractivity contribution in [3.8, 4) is 0 Å². The summed E-state index contributed by atoms with van der Waals surface area (Å²) in [6.07, 6.45) is -3.84. The van der Waals surface area contributed by atoms with Crippen LogP contribution in [0, 0.1) is 0 Å². The van der Waals surface area contributed by atoms with Gasteiger partial charge < -0.3 is 10.2 Å². The predicted octanol–water partition coefficient (Wildman–Crippen LogP) is 4.07. The van der Waals surface area contributed by atoms with Gasteiger partial charge in [0, 0.05) is 31.6 Å². The van der Waals surface area contributed by atoms with Gasteiger partial charge >= 0.3 is 6.18 Å². The Balaban J connectivity index is 2.18. The van der Waals surface area contributed by atoms with Crippen molar-refractivity contribution >= 4 is 39.1 Å². The number of benzene rings is 2. The summed E-state index contributed by atoms with van der Waals surface area (Å²) in [7, 11) is -2.47. The molecule has 2 aromatic rings. The van der Waals surface area contributed by atoms with Gasteiger partial charge in [0.1, 0.15) is 6.04 Å². The van der Waals surface area contributed by atoms with Crippen molar-refractivity contribution in [1.29, 1.82) is 0 Å². The van der Waals surface area contributed by atoms with Crippen LogP contribution in [0.5, 0.6) is 0 Å². The van der Waals surface area contributed by atoms with Gasteiger partial charge in [0.05, 0.1) is 17.5 Å². The molecule has 0 aliphatic rings. The molecule has 0 radical (unpaired) electrons. The molecular weight excluding hydrogens is 507 g/mol. The van der Waals surface area contributed by atoms with E-state index in [1.165, 1.54) is 18.0 Å². The van der Waals surface area contributed by atoms with Crippen molar-refractivity contribution in [3.63, 3.8) is 0 Å². The van der Waals surface area contributed by atoms with Crippen molar-refractivity contribution in [1.82, 2.24) is 10.2 Å². The zero-order valence-electron chi connectivity index (χ0n) is 19.5. The van der Waals surface area contributed by atoms with Gasteiger partial charge in [-0.25, -0.2) is 8.42 Å². The molecule has 0 fully saturated rings. The van der Waals surface area contributed by atoms with Gasteiger partial charge in [-0.2, -0.15) is 13.2 Å². The summed E-state index contributed by atoms with van der Waals surface area (Å²) in [5, 5.41) is 3.01. The Morgan fingerprint density at radius 1 is 1.11 bits per heavy atom. The first-order valence-electron chi connectivity index (χ1n) is 10.6. The molecule has 1 N–H and O–H groups in total. The molecular formula is C23H27ClF3N3O4S. The van der Waals surface area contributed by atoms with Crippen LogP contribution in [0.15, 0.2) is 48.5 Å². The quantitative estimate of drug-likeness (QED) is 0.499. The Morgan fingerprint density at radius 3 is 2.29 bits per heavy atom. The molecule has 0 aromatic heterocycles. The maximum Gasteiger partial charge on any atom is 0.416 e. The van der Waals surface area contributed by atoms with Gasteiger partial charge in [0.2, 0.25) is 21.8 Å². The van der Waals surface area contributed by atoms with Gasteiger partial charge in [0.15, 0.2) is 0 Å². The molecule has 0 heterocycles. The van der Waals surface area contributed by atoms with Crippen molar-refractivity contribution in [2.75, 3.05) is 24.2 Å². The van der Waals surface area contributed by atoms with E-state index in [0.29, 0.717) is 5.02 Å². The second-order valence-electron chi connectivity index (χ2n) is 7.93. The van der Waals surface area contributed by atoms with Crippen LogP contribution in [0.4, 0.5) is 18.9 Å². The average Bonchev–Trinajstić information content (AvgIpc) is 2.79. The lowest BCUT2D eigenvalue weighted by Crippen LogP contribution is -2.46. The summed E-state index contributed by atoms with van der Waals surface area (Å²) < 4.78 is 64.7. The van der Waals surface area contributed by atoms with E-state index in [1.54, 1.807) is 31.2 Å². The number of rotatable bonds is 10. The summed E-state index contributed by atoms with van der Waals surface area (Å²) in [4.78, 5) is 26.6. The highest BCUT2D eigenvalue weighted by molar-refractivity contribution is 7.92. The van der Waals surface area contributed by atoms with E-state index in [0.717, 1.165) is 34.3 Å². The van der Waals surface area contributed by atoms with Gasteiger partial charge in [-0.3, -0.25) is 13.9 Å². The number of nitrogens with zero attached hydrogens (tertiary/aromatic N) is 2. The summed E-state index contributed by atoms with van der Waals surface area (Å²) in [6, 6.07) is 9.94. The number of alkyl halides is 3. The Hall–Kier alpha value is -2.79. The zero-order chi connectivity index (χ0) is 26.4. The topological polar surface area (TPSA) is 86.8 Å². The largest absolute Gasteiger partial charge is 0.416 e. The van der Waals surface area contributed by atoms with Crippen LogP contribution in [0.3, 0.4) is 0 Å². The van der Waals surface area contributed by atoms with E-state index in [4.69, 9.17) is 11.6 Å². The molecule has 192 valence electrons. The van der Waals surface area contributed by atoms with Crippen LogP contribution < -0.4 is 9.62 Å². The normalized spacial score (nSPS) is 12.7. The van der Waals surface area contributed by atoms with Crippen LogP contribution in [-0.4, -0.2) is 51.0 Å². The minimum absolute atomic E-state index is 0.0275. The Morgan fingerprint density at radius 2 is 1.74 bits per heavy atom. The molecule has 35 heavy (non-hydrogen) atoms. The average molecular weight is 534 g/mol. The maximum atomic E-state index is 13.1. The van der Waals surface area contributed by atoms with Crippen LogP contribution in [0.25, 0.3) is 0 Å². The van der Waals surface area contributed by atoms with E-state index >= 15 is 0 Å². The zero-order valence-corrected chi connectivity index (χ0v) is 21.0. The first-order chi connectivity index (χ1) is 16.2. The van der Waals surface area contributed by atoms with Crippen LogP contribution in [-0.2, 0) is 32.3 Å². The molecule has 0 saturated carbocycles. The molecule has 1 unspecified atom stereocenters. The second kappa shape index (κ2) is 11.8. The Labute approximate surface area is 207 Å². The molecule has 0 aliphatic carbocycles. The summed E-state index contributed by atoms with van der Waals surface area (Å²) in [6.45, 7) is 1.47. The monoisotopic (exact) mass is 533 g/mol. The number of nitrogens with one attached hydrogen (secondary N) is 1. The number of halogens is 4. The van der Waals surface area contributed by atoms with Crippen LogP contribution in [0.2, 0.25) is 5.02 Å². The highest BCUT2D eigenvalue weighted by Crippen LogP contribution is 2.32. The number of amides is 2. The smallest absolute Gasteiger partial charge is 0.357 e. The second-order valence-corrected chi connectivity index (χ2v) is 10.3. The predicted molar refractivity (Wildman–Crippen MR) is 128 cm³/mol. The highest BCUT2D eigenvalue weighted by atomic mass is 35.5. The molecule has 0 aliphatic heterocycles. The number of anilines is 1. The maximum absolute atomic E-state index is 13.1. The molecule has 1 atom stereocenters. The third-order valence-electron chi connectivity index (χ3n) is 5.29. The van der Waals surface area contributed by atoms with Crippen molar-refractivity contribution in [3.05, 3.63) is 64.7 Å². The summed E-state index contributed by atoms with van der Waals surface area (Å²) >= 11 is 5.91. The van der Waals surface area contributed by atoms with E-state index < -0.39 is 33.7 Å². The molecule has 0 saturated heterocycles. The number of sulfonamides is 1. The van der Waals surface area contributed by atoms with E-state index in [1.807, 2.05) is 0 Å². The van der Waals surface area contributed by atoms with Crippen molar-refractivity contribution < 1.29 is 31.2 Å². The Bertz CT molecular complexity index is 1140. The molecule has 7 nitrogen and oxygen atoms in total. The van der Waals surface area contributed by atoms with E-state index in [9.17, 15) is 31.2 Å². The third-order valence-corrected chi connectivity index (χ3v) is 6.74. The van der Waals surface area contributed by atoms with Crippen LogP contribution >= 0.6 is 11.6 Å². The summed E-state index contributed by atoms with van der Waals surface area (Å²) in [5.74, 6) is -0.789.